The van der Waals surface area contributed by atoms with Gasteiger partial charge in [-0.2, -0.15) is 4.98 Å². The summed E-state index contributed by atoms with van der Waals surface area (Å²) >= 11 is 0. The van der Waals surface area contributed by atoms with E-state index in [1.807, 2.05) is 0 Å². The monoisotopic (exact) mass is 236 g/mol. The van der Waals surface area contributed by atoms with Crippen molar-refractivity contribution in [1.29, 1.82) is 0 Å². The number of nitrogen functional groups attached to an aromatic ring is 1. The second kappa shape index (κ2) is 4.40. The minimum atomic E-state index is -0.318. The summed E-state index contributed by atoms with van der Waals surface area (Å²) in [7, 11) is 0. The molecule has 0 saturated heterocycles. The summed E-state index contributed by atoms with van der Waals surface area (Å²) in [5, 5.41) is 6.69. The van der Waals surface area contributed by atoms with Gasteiger partial charge < -0.3 is 15.6 Å². The average molecular weight is 236 g/mol. The lowest BCUT2D eigenvalue weighted by molar-refractivity contribution is 0.379. The minimum absolute atomic E-state index is 0.318. The van der Waals surface area contributed by atoms with Crippen molar-refractivity contribution in [3.63, 3.8) is 0 Å². The molecule has 0 atom stereocenters. The molecule has 1 heterocycles. The van der Waals surface area contributed by atoms with Gasteiger partial charge >= 0.3 is 0 Å². The predicted octanol–water partition coefficient (Wildman–Crippen LogP) is 2.02. The molecule has 0 radical (unpaired) electrons. The van der Waals surface area contributed by atoms with Crippen LogP contribution in [0.2, 0.25) is 0 Å². The molecule has 0 saturated carbocycles. The van der Waals surface area contributed by atoms with Gasteiger partial charge in [0.05, 0.1) is 17.9 Å². The molecule has 2 aromatic rings. The Kier molecular flexibility index (Phi) is 2.95. The van der Waals surface area contributed by atoms with Gasteiger partial charge in [0.1, 0.15) is 5.82 Å². The summed E-state index contributed by atoms with van der Waals surface area (Å²) in [6.07, 6.45) is 0. The average Bonchev–Trinajstić information content (AvgIpc) is 2.68. The Bertz CT molecular complexity index is 538. The molecule has 0 aliphatic carbocycles. The fraction of sp³-hybridized carbons (Fsp3) is 0.273. The number of rotatable bonds is 3. The molecule has 90 valence electrons. The van der Waals surface area contributed by atoms with Crippen molar-refractivity contribution in [3.8, 4) is 0 Å². The Balaban J connectivity index is 2.11. The van der Waals surface area contributed by atoms with Gasteiger partial charge in [-0.3, -0.25) is 0 Å². The zero-order valence-electron chi connectivity index (χ0n) is 9.62. The maximum absolute atomic E-state index is 13.2. The molecule has 0 fully saturated rings. The first-order chi connectivity index (χ1) is 8.06. The van der Waals surface area contributed by atoms with Crippen LogP contribution in [0.4, 0.5) is 15.8 Å². The largest absolute Gasteiger partial charge is 0.397 e. The number of halogens is 1. The van der Waals surface area contributed by atoms with Gasteiger partial charge in [-0.25, -0.2) is 4.39 Å². The predicted molar refractivity (Wildman–Crippen MR) is 61.9 cm³/mol. The van der Waals surface area contributed by atoms with Crippen LogP contribution in [0, 0.1) is 19.7 Å². The number of nitrogens with one attached hydrogen (secondary N) is 1. The number of hydrogen-bond acceptors (Lipinski definition) is 5. The molecule has 0 aliphatic heterocycles. The summed E-state index contributed by atoms with van der Waals surface area (Å²) < 4.78 is 18.1. The first-order valence-corrected chi connectivity index (χ1v) is 5.15. The number of aryl methyl sites for hydroxylation is 2. The Morgan fingerprint density at radius 1 is 1.41 bits per heavy atom. The molecule has 0 aliphatic rings. The number of nitrogens with zero attached hydrogens (tertiary/aromatic N) is 2. The molecule has 2 rings (SSSR count). The standard InChI is InChI=1S/C11H13FN4O/c1-6-3-10(9(13)4-8(6)12)14-5-11-15-7(2)16-17-11/h3-4,14H,5,13H2,1-2H3. The summed E-state index contributed by atoms with van der Waals surface area (Å²) in [5.41, 5.74) is 7.23. The normalized spacial score (nSPS) is 10.5. The minimum Gasteiger partial charge on any atom is -0.397 e. The van der Waals surface area contributed by atoms with E-state index in [-0.39, 0.29) is 5.82 Å². The van der Waals surface area contributed by atoms with E-state index in [2.05, 4.69) is 15.5 Å². The molecule has 6 heteroatoms. The van der Waals surface area contributed by atoms with Crippen molar-refractivity contribution in [3.05, 3.63) is 35.2 Å². The Morgan fingerprint density at radius 3 is 2.82 bits per heavy atom. The van der Waals surface area contributed by atoms with E-state index in [1.54, 1.807) is 19.9 Å². The van der Waals surface area contributed by atoms with Crippen LogP contribution in [0.15, 0.2) is 16.7 Å². The number of aromatic nitrogens is 2. The van der Waals surface area contributed by atoms with Crippen molar-refractivity contribution >= 4 is 11.4 Å². The van der Waals surface area contributed by atoms with Gasteiger partial charge in [-0.1, -0.05) is 5.16 Å². The zero-order valence-corrected chi connectivity index (χ0v) is 9.62. The second-order valence-electron chi connectivity index (χ2n) is 3.78. The number of hydrogen-bond donors (Lipinski definition) is 2. The molecule has 0 bridgehead atoms. The van der Waals surface area contributed by atoms with Crippen molar-refractivity contribution < 1.29 is 8.91 Å². The van der Waals surface area contributed by atoms with Crippen molar-refractivity contribution in [1.82, 2.24) is 10.1 Å². The molecule has 0 amide bonds. The highest BCUT2D eigenvalue weighted by Crippen LogP contribution is 2.22. The van der Waals surface area contributed by atoms with E-state index in [1.165, 1.54) is 6.07 Å². The smallest absolute Gasteiger partial charge is 0.245 e. The molecule has 0 spiro atoms. The number of nitrogens with two attached hydrogens (primary N) is 1. The lowest BCUT2D eigenvalue weighted by atomic mass is 10.2. The van der Waals surface area contributed by atoms with Crippen LogP contribution in [-0.4, -0.2) is 10.1 Å². The quantitative estimate of drug-likeness (QED) is 0.797. The summed E-state index contributed by atoms with van der Waals surface area (Å²) in [6, 6.07) is 2.94. The molecule has 1 aromatic heterocycles. The van der Waals surface area contributed by atoms with E-state index in [0.29, 0.717) is 35.2 Å². The van der Waals surface area contributed by atoms with Crippen molar-refractivity contribution in [2.24, 2.45) is 0 Å². The molecule has 3 N–H and O–H groups in total. The van der Waals surface area contributed by atoms with Crippen LogP contribution in [0.25, 0.3) is 0 Å². The van der Waals surface area contributed by atoms with E-state index in [4.69, 9.17) is 10.3 Å². The lowest BCUT2D eigenvalue weighted by Gasteiger charge is -2.08. The molecule has 5 nitrogen and oxygen atoms in total. The summed E-state index contributed by atoms with van der Waals surface area (Å²) in [5.74, 6) is 0.718. The highest BCUT2D eigenvalue weighted by Gasteiger charge is 2.07. The summed E-state index contributed by atoms with van der Waals surface area (Å²) in [6.45, 7) is 3.77. The first-order valence-electron chi connectivity index (χ1n) is 5.15. The van der Waals surface area contributed by atoms with Crippen LogP contribution in [0.1, 0.15) is 17.3 Å². The molecular weight excluding hydrogens is 223 g/mol. The van der Waals surface area contributed by atoms with Gasteiger partial charge in [-0.05, 0) is 31.5 Å². The lowest BCUT2D eigenvalue weighted by Crippen LogP contribution is -2.04. The number of benzene rings is 1. The molecule has 0 unspecified atom stereocenters. The highest BCUT2D eigenvalue weighted by molar-refractivity contribution is 5.67. The van der Waals surface area contributed by atoms with Crippen LogP contribution >= 0.6 is 0 Å². The second-order valence-corrected chi connectivity index (χ2v) is 3.78. The summed E-state index contributed by atoms with van der Waals surface area (Å²) in [4.78, 5) is 4.04. The van der Waals surface area contributed by atoms with Gasteiger partial charge in [0, 0.05) is 0 Å². The molecule has 17 heavy (non-hydrogen) atoms. The third-order valence-corrected chi connectivity index (χ3v) is 2.33. The van der Waals surface area contributed by atoms with E-state index in [0.717, 1.165) is 0 Å². The van der Waals surface area contributed by atoms with Gasteiger partial charge in [0.15, 0.2) is 5.82 Å². The fourth-order valence-corrected chi connectivity index (χ4v) is 1.43. The Labute approximate surface area is 97.8 Å². The SMILES string of the molecule is Cc1noc(CNc2cc(C)c(F)cc2N)n1. The third-order valence-electron chi connectivity index (χ3n) is 2.33. The fourth-order valence-electron chi connectivity index (χ4n) is 1.43. The molecule has 1 aromatic carbocycles. The Morgan fingerprint density at radius 2 is 2.18 bits per heavy atom. The third kappa shape index (κ3) is 2.52. The highest BCUT2D eigenvalue weighted by atomic mass is 19.1. The van der Waals surface area contributed by atoms with Crippen molar-refractivity contribution in [2.75, 3.05) is 11.1 Å². The van der Waals surface area contributed by atoms with Crippen LogP contribution in [0.5, 0.6) is 0 Å². The number of anilines is 2. The van der Waals surface area contributed by atoms with Crippen LogP contribution < -0.4 is 11.1 Å². The van der Waals surface area contributed by atoms with Crippen LogP contribution in [-0.2, 0) is 6.54 Å². The Hall–Kier alpha value is -2.11. The van der Waals surface area contributed by atoms with E-state index in [9.17, 15) is 4.39 Å². The van der Waals surface area contributed by atoms with Crippen molar-refractivity contribution in [2.45, 2.75) is 20.4 Å². The molecular formula is C11H13FN4O. The van der Waals surface area contributed by atoms with Gasteiger partial charge in [0.25, 0.3) is 0 Å². The maximum atomic E-state index is 13.2. The van der Waals surface area contributed by atoms with Gasteiger partial charge in [0.2, 0.25) is 5.89 Å². The zero-order chi connectivity index (χ0) is 12.4. The van der Waals surface area contributed by atoms with E-state index < -0.39 is 0 Å². The topological polar surface area (TPSA) is 77.0 Å². The van der Waals surface area contributed by atoms with Gasteiger partial charge in [-0.15, -0.1) is 0 Å². The first kappa shape index (κ1) is 11.4. The van der Waals surface area contributed by atoms with E-state index >= 15 is 0 Å². The maximum Gasteiger partial charge on any atom is 0.245 e. The van der Waals surface area contributed by atoms with Crippen LogP contribution in [0.3, 0.4) is 0 Å².